The van der Waals surface area contributed by atoms with Crippen molar-refractivity contribution >= 4 is 48.3 Å². The largest absolute Gasteiger partial charge is 0.480 e. The smallest absolute Gasteiger partial charge is 0.323 e. The van der Waals surface area contributed by atoms with Gasteiger partial charge in [-0.15, -0.1) is 11.3 Å². The average Bonchev–Trinajstić information content (AvgIpc) is 3.15. The molecule has 0 spiro atoms. The Morgan fingerprint density at radius 3 is 2.70 bits per heavy atom. The fraction of sp³-hybridized carbons (Fsp3) is 0.111. The van der Waals surface area contributed by atoms with Crippen molar-refractivity contribution in [2.45, 2.75) is 22.7 Å². The number of rotatable bonds is 4. The number of fused-ring (bicyclic) bond motifs is 2. The van der Waals surface area contributed by atoms with E-state index in [0.29, 0.717) is 15.7 Å². The standard InChI is InChI=1S/C18H13FN2O4S2/c1-10-17(12-8-11(19)6-7-14(12)21(10)9-16(22)23)27(24,25)18-20-13-4-2-3-5-15(13)26-18/h2-8H,9H2,1H3,(H,22,23). The van der Waals surface area contributed by atoms with Crippen LogP contribution in [0.15, 0.2) is 51.7 Å². The van der Waals surface area contributed by atoms with E-state index in [0.717, 1.165) is 17.4 Å². The number of hydrogen-bond donors (Lipinski definition) is 1. The minimum atomic E-state index is -4.06. The van der Waals surface area contributed by atoms with Gasteiger partial charge in [0.1, 0.15) is 17.3 Å². The number of carboxylic acid groups (broad SMARTS) is 1. The first-order valence-corrected chi connectivity index (χ1v) is 10.2. The van der Waals surface area contributed by atoms with Crippen LogP contribution in [0.3, 0.4) is 0 Å². The fourth-order valence-electron chi connectivity index (χ4n) is 3.16. The van der Waals surface area contributed by atoms with E-state index in [1.807, 2.05) is 0 Å². The first-order chi connectivity index (χ1) is 12.8. The average molecular weight is 404 g/mol. The Hall–Kier alpha value is -2.78. The second-order valence-electron chi connectivity index (χ2n) is 6.01. The maximum absolute atomic E-state index is 13.8. The molecular weight excluding hydrogens is 391 g/mol. The van der Waals surface area contributed by atoms with Gasteiger partial charge >= 0.3 is 5.97 Å². The maximum Gasteiger partial charge on any atom is 0.323 e. The molecule has 0 aliphatic carbocycles. The summed E-state index contributed by atoms with van der Waals surface area (Å²) >= 11 is 1.03. The van der Waals surface area contributed by atoms with E-state index in [4.69, 9.17) is 0 Å². The molecule has 1 N–H and O–H groups in total. The molecule has 0 saturated heterocycles. The monoisotopic (exact) mass is 404 g/mol. The van der Waals surface area contributed by atoms with Crippen LogP contribution in [-0.2, 0) is 21.2 Å². The van der Waals surface area contributed by atoms with Crippen LogP contribution >= 0.6 is 11.3 Å². The third-order valence-corrected chi connectivity index (χ3v) is 7.64. The Labute approximate surface area is 157 Å². The van der Waals surface area contributed by atoms with Crippen LogP contribution < -0.4 is 0 Å². The fourth-order valence-corrected chi connectivity index (χ4v) is 6.16. The number of benzene rings is 2. The molecule has 138 valence electrons. The summed E-state index contributed by atoms with van der Waals surface area (Å²) in [4.78, 5) is 15.3. The predicted octanol–water partition coefficient (Wildman–Crippen LogP) is 3.62. The molecule has 4 rings (SSSR count). The zero-order chi connectivity index (χ0) is 19.3. The van der Waals surface area contributed by atoms with Gasteiger partial charge in [-0.25, -0.2) is 17.8 Å². The number of thiazole rings is 1. The SMILES string of the molecule is Cc1c(S(=O)(=O)c2nc3ccccc3s2)c2cc(F)ccc2n1CC(=O)O. The van der Waals surface area contributed by atoms with Crippen molar-refractivity contribution in [3.8, 4) is 0 Å². The Morgan fingerprint density at radius 2 is 2.00 bits per heavy atom. The van der Waals surface area contributed by atoms with Crippen LogP contribution in [0.1, 0.15) is 5.69 Å². The summed E-state index contributed by atoms with van der Waals surface area (Å²) in [7, 11) is -4.06. The van der Waals surface area contributed by atoms with E-state index in [-0.39, 0.29) is 20.3 Å². The van der Waals surface area contributed by atoms with Crippen LogP contribution in [0.2, 0.25) is 0 Å². The quantitative estimate of drug-likeness (QED) is 0.561. The number of carboxylic acids is 1. The lowest BCUT2D eigenvalue weighted by molar-refractivity contribution is -0.137. The van der Waals surface area contributed by atoms with Crippen molar-refractivity contribution in [1.29, 1.82) is 0 Å². The van der Waals surface area contributed by atoms with Crippen LogP contribution in [0.25, 0.3) is 21.1 Å². The molecule has 0 radical (unpaired) electrons. The van der Waals surface area contributed by atoms with Crippen LogP contribution in [0.4, 0.5) is 4.39 Å². The second kappa shape index (κ2) is 6.14. The molecule has 9 heteroatoms. The number of nitrogens with zero attached hydrogens (tertiary/aromatic N) is 2. The lowest BCUT2D eigenvalue weighted by atomic mass is 10.2. The van der Waals surface area contributed by atoms with Gasteiger partial charge in [0.15, 0.2) is 0 Å². The predicted molar refractivity (Wildman–Crippen MR) is 99.3 cm³/mol. The van der Waals surface area contributed by atoms with Gasteiger partial charge in [0.2, 0.25) is 14.2 Å². The van der Waals surface area contributed by atoms with Gasteiger partial charge in [-0.05, 0) is 37.3 Å². The lowest BCUT2D eigenvalue weighted by Crippen LogP contribution is -2.11. The number of carbonyl (C=O) groups is 1. The van der Waals surface area contributed by atoms with E-state index in [9.17, 15) is 22.7 Å². The Kier molecular flexibility index (Phi) is 4.01. The highest BCUT2D eigenvalue weighted by Gasteiger charge is 2.30. The second-order valence-corrected chi connectivity index (χ2v) is 9.10. The van der Waals surface area contributed by atoms with Gasteiger partial charge in [-0.3, -0.25) is 4.79 Å². The molecule has 4 aromatic rings. The molecule has 2 aromatic carbocycles. The molecule has 0 saturated carbocycles. The van der Waals surface area contributed by atoms with Gasteiger partial charge in [0.05, 0.1) is 15.7 Å². The van der Waals surface area contributed by atoms with E-state index < -0.39 is 28.2 Å². The Balaban J connectivity index is 2.03. The van der Waals surface area contributed by atoms with E-state index in [1.165, 1.54) is 23.6 Å². The zero-order valence-corrected chi connectivity index (χ0v) is 15.6. The van der Waals surface area contributed by atoms with E-state index in [1.54, 1.807) is 24.3 Å². The topological polar surface area (TPSA) is 89.3 Å². The van der Waals surface area contributed by atoms with E-state index in [2.05, 4.69) is 4.98 Å². The lowest BCUT2D eigenvalue weighted by Gasteiger charge is -2.05. The van der Waals surface area contributed by atoms with Crippen molar-refractivity contribution in [3.05, 3.63) is 54.0 Å². The number of halogens is 1. The first-order valence-electron chi connectivity index (χ1n) is 7.90. The molecule has 2 heterocycles. The molecule has 0 atom stereocenters. The van der Waals surface area contributed by atoms with Gasteiger partial charge in [-0.1, -0.05) is 12.1 Å². The maximum atomic E-state index is 13.8. The van der Waals surface area contributed by atoms with Gasteiger partial charge < -0.3 is 9.67 Å². The highest BCUT2D eigenvalue weighted by atomic mass is 32.2. The van der Waals surface area contributed by atoms with Gasteiger partial charge in [-0.2, -0.15) is 0 Å². The molecule has 0 unspecified atom stereocenters. The molecule has 6 nitrogen and oxygen atoms in total. The number of aromatic nitrogens is 2. The summed E-state index contributed by atoms with van der Waals surface area (Å²) < 4.78 is 42.4. The Morgan fingerprint density at radius 1 is 1.26 bits per heavy atom. The molecule has 0 fully saturated rings. The molecule has 2 aromatic heterocycles. The summed E-state index contributed by atoms with van der Waals surface area (Å²) in [5, 5.41) is 9.32. The normalized spacial score (nSPS) is 12.1. The minimum Gasteiger partial charge on any atom is -0.480 e. The molecule has 0 aliphatic rings. The third-order valence-electron chi connectivity index (χ3n) is 4.29. The molecular formula is C18H13FN2O4S2. The number of para-hydroxylation sites is 1. The summed E-state index contributed by atoms with van der Waals surface area (Å²) in [6.07, 6.45) is 0. The van der Waals surface area contributed by atoms with Gasteiger partial charge in [0.25, 0.3) is 0 Å². The number of hydrogen-bond acceptors (Lipinski definition) is 5. The van der Waals surface area contributed by atoms with E-state index >= 15 is 0 Å². The Bertz CT molecular complexity index is 1290. The van der Waals surface area contributed by atoms with Gasteiger partial charge in [0, 0.05) is 11.1 Å². The zero-order valence-electron chi connectivity index (χ0n) is 14.0. The highest BCUT2D eigenvalue weighted by molar-refractivity contribution is 7.93. The van der Waals surface area contributed by atoms with Crippen molar-refractivity contribution in [3.63, 3.8) is 0 Å². The molecule has 27 heavy (non-hydrogen) atoms. The summed E-state index contributed by atoms with van der Waals surface area (Å²) in [6.45, 7) is 1.09. The molecule has 0 amide bonds. The summed E-state index contributed by atoms with van der Waals surface area (Å²) in [6, 6.07) is 10.7. The van der Waals surface area contributed by atoms with Crippen molar-refractivity contribution in [2.24, 2.45) is 0 Å². The minimum absolute atomic E-state index is 0.106. The van der Waals surface area contributed by atoms with Crippen molar-refractivity contribution in [2.75, 3.05) is 0 Å². The van der Waals surface area contributed by atoms with Crippen molar-refractivity contribution < 1.29 is 22.7 Å². The van der Waals surface area contributed by atoms with Crippen molar-refractivity contribution in [1.82, 2.24) is 9.55 Å². The summed E-state index contributed by atoms with van der Waals surface area (Å²) in [5.41, 5.74) is 1.13. The molecule has 0 bridgehead atoms. The van der Waals surface area contributed by atoms with Crippen LogP contribution in [-0.4, -0.2) is 29.0 Å². The van der Waals surface area contributed by atoms with Crippen LogP contribution in [0, 0.1) is 12.7 Å². The highest BCUT2D eigenvalue weighted by Crippen LogP contribution is 2.37. The third kappa shape index (κ3) is 2.79. The van der Waals surface area contributed by atoms with Crippen LogP contribution in [0.5, 0.6) is 0 Å². The number of sulfone groups is 1. The summed E-state index contributed by atoms with van der Waals surface area (Å²) in [5.74, 6) is -1.72. The molecule has 0 aliphatic heterocycles. The first kappa shape index (κ1) is 17.6. The number of aliphatic carboxylic acids is 1.